The Morgan fingerprint density at radius 3 is 2.53 bits per heavy atom. The summed E-state index contributed by atoms with van der Waals surface area (Å²) in [5, 5.41) is 8.86. The second kappa shape index (κ2) is 7.25. The lowest BCUT2D eigenvalue weighted by atomic mass is 10.1. The standard InChI is InChI=1S/C13H20O6/c1-3-17-12(16)10(2)5-4-6-13(9-11(14)15)18-7-8-19-13/h5H,3-4,6-9H2,1-2H3,(H,14,15)/b10-5+. The van der Waals surface area contributed by atoms with Gasteiger partial charge in [-0.1, -0.05) is 6.08 Å². The summed E-state index contributed by atoms with van der Waals surface area (Å²) in [5.74, 6) is -2.38. The molecule has 1 aliphatic rings. The maximum absolute atomic E-state index is 11.4. The molecule has 1 heterocycles. The summed E-state index contributed by atoms with van der Waals surface area (Å²) < 4.78 is 15.6. The molecule has 6 heteroatoms. The molecule has 0 radical (unpaired) electrons. The van der Waals surface area contributed by atoms with Gasteiger partial charge in [-0.3, -0.25) is 4.79 Å². The van der Waals surface area contributed by atoms with Gasteiger partial charge in [-0.05, 0) is 20.3 Å². The molecule has 1 saturated heterocycles. The zero-order chi connectivity index (χ0) is 14.3. The summed E-state index contributed by atoms with van der Waals surface area (Å²) in [4.78, 5) is 22.2. The van der Waals surface area contributed by atoms with Crippen LogP contribution in [0.4, 0.5) is 0 Å². The lowest BCUT2D eigenvalue weighted by molar-refractivity contribution is -0.181. The lowest BCUT2D eigenvalue weighted by Gasteiger charge is -2.24. The number of ether oxygens (including phenoxy) is 3. The van der Waals surface area contributed by atoms with E-state index in [0.29, 0.717) is 38.2 Å². The average Bonchev–Trinajstić information content (AvgIpc) is 2.77. The molecule has 0 aromatic carbocycles. The van der Waals surface area contributed by atoms with Gasteiger partial charge in [0.25, 0.3) is 0 Å². The highest BCUT2D eigenvalue weighted by atomic mass is 16.7. The van der Waals surface area contributed by atoms with Gasteiger partial charge in [0.2, 0.25) is 0 Å². The van der Waals surface area contributed by atoms with E-state index >= 15 is 0 Å². The van der Waals surface area contributed by atoms with Crippen LogP contribution in [-0.2, 0) is 23.8 Å². The molecule has 0 aliphatic carbocycles. The number of carboxylic acid groups (broad SMARTS) is 1. The number of carboxylic acids is 1. The summed E-state index contributed by atoms with van der Waals surface area (Å²) >= 11 is 0. The SMILES string of the molecule is CCOC(=O)/C(C)=C/CCC1(CC(=O)O)OCCO1. The van der Waals surface area contributed by atoms with E-state index in [0.717, 1.165) is 0 Å². The van der Waals surface area contributed by atoms with Gasteiger partial charge in [-0.2, -0.15) is 0 Å². The molecule has 0 unspecified atom stereocenters. The third-order valence-corrected chi connectivity index (χ3v) is 2.81. The minimum atomic E-state index is -1.06. The van der Waals surface area contributed by atoms with E-state index in [-0.39, 0.29) is 12.4 Å². The predicted octanol–water partition coefficient (Wildman–Crippen LogP) is 1.49. The number of allylic oxidation sites excluding steroid dienone is 1. The van der Waals surface area contributed by atoms with Crippen molar-refractivity contribution in [1.29, 1.82) is 0 Å². The highest BCUT2D eigenvalue weighted by molar-refractivity contribution is 5.87. The van der Waals surface area contributed by atoms with Crippen LogP contribution in [0.3, 0.4) is 0 Å². The molecule has 0 aromatic heterocycles. The number of aliphatic carboxylic acids is 1. The maximum atomic E-state index is 11.4. The van der Waals surface area contributed by atoms with Crippen LogP contribution in [0.5, 0.6) is 0 Å². The summed E-state index contributed by atoms with van der Waals surface area (Å²) in [6.45, 7) is 4.53. The molecule has 1 N–H and O–H groups in total. The summed E-state index contributed by atoms with van der Waals surface area (Å²) in [6, 6.07) is 0. The van der Waals surface area contributed by atoms with E-state index in [9.17, 15) is 9.59 Å². The Morgan fingerprint density at radius 2 is 2.00 bits per heavy atom. The number of carbonyl (C=O) groups excluding carboxylic acids is 1. The van der Waals surface area contributed by atoms with E-state index in [1.54, 1.807) is 19.9 Å². The highest BCUT2D eigenvalue weighted by Gasteiger charge is 2.38. The van der Waals surface area contributed by atoms with Gasteiger partial charge in [0, 0.05) is 12.0 Å². The topological polar surface area (TPSA) is 82.1 Å². The van der Waals surface area contributed by atoms with Crippen molar-refractivity contribution in [3.8, 4) is 0 Å². The van der Waals surface area contributed by atoms with E-state index in [1.807, 2.05) is 0 Å². The molecule has 19 heavy (non-hydrogen) atoms. The summed E-state index contributed by atoms with van der Waals surface area (Å²) in [5.41, 5.74) is 0.505. The van der Waals surface area contributed by atoms with Crippen molar-refractivity contribution in [3.05, 3.63) is 11.6 Å². The fourth-order valence-electron chi connectivity index (χ4n) is 1.90. The van der Waals surface area contributed by atoms with Gasteiger partial charge in [-0.25, -0.2) is 4.79 Å². The van der Waals surface area contributed by atoms with Crippen molar-refractivity contribution >= 4 is 11.9 Å². The molecule has 1 aliphatic heterocycles. The molecule has 0 atom stereocenters. The molecule has 108 valence electrons. The fourth-order valence-corrected chi connectivity index (χ4v) is 1.90. The number of rotatable bonds is 7. The largest absolute Gasteiger partial charge is 0.481 e. The van der Waals surface area contributed by atoms with Crippen molar-refractivity contribution in [2.24, 2.45) is 0 Å². The molecule has 0 saturated carbocycles. The van der Waals surface area contributed by atoms with Gasteiger partial charge in [0.1, 0.15) is 0 Å². The smallest absolute Gasteiger partial charge is 0.333 e. The summed E-state index contributed by atoms with van der Waals surface area (Å²) in [6.07, 6.45) is 2.42. The van der Waals surface area contributed by atoms with E-state index in [2.05, 4.69) is 0 Å². The van der Waals surface area contributed by atoms with Gasteiger partial charge >= 0.3 is 11.9 Å². The maximum Gasteiger partial charge on any atom is 0.333 e. The van der Waals surface area contributed by atoms with Gasteiger partial charge in [0.15, 0.2) is 5.79 Å². The van der Waals surface area contributed by atoms with E-state index < -0.39 is 11.8 Å². The molecular weight excluding hydrogens is 252 g/mol. The zero-order valence-corrected chi connectivity index (χ0v) is 11.3. The lowest BCUT2D eigenvalue weighted by Crippen LogP contribution is -2.33. The summed E-state index contributed by atoms with van der Waals surface area (Å²) in [7, 11) is 0. The van der Waals surface area contributed by atoms with Crippen LogP contribution in [0.15, 0.2) is 11.6 Å². The Balaban J connectivity index is 2.51. The quantitative estimate of drug-likeness (QED) is 0.558. The average molecular weight is 272 g/mol. The molecule has 0 spiro atoms. The Labute approximate surface area is 112 Å². The molecule has 0 bridgehead atoms. The molecule has 1 rings (SSSR count). The number of esters is 1. The Kier molecular flexibility index (Phi) is 5.98. The van der Waals surface area contributed by atoms with Crippen LogP contribution < -0.4 is 0 Å². The first-order valence-corrected chi connectivity index (χ1v) is 6.32. The molecular formula is C13H20O6. The second-order valence-corrected chi connectivity index (χ2v) is 4.32. The second-order valence-electron chi connectivity index (χ2n) is 4.32. The molecule has 1 fully saturated rings. The van der Waals surface area contributed by atoms with Gasteiger partial charge < -0.3 is 19.3 Å². The molecule has 0 amide bonds. The van der Waals surface area contributed by atoms with Crippen LogP contribution in [0.1, 0.15) is 33.1 Å². The third-order valence-electron chi connectivity index (χ3n) is 2.81. The van der Waals surface area contributed by atoms with Crippen LogP contribution in [0, 0.1) is 0 Å². The first kappa shape index (κ1) is 15.7. The van der Waals surface area contributed by atoms with Crippen molar-refractivity contribution in [2.75, 3.05) is 19.8 Å². The fraction of sp³-hybridized carbons (Fsp3) is 0.692. The van der Waals surface area contributed by atoms with Crippen LogP contribution >= 0.6 is 0 Å². The number of carbonyl (C=O) groups is 2. The Morgan fingerprint density at radius 1 is 1.37 bits per heavy atom. The van der Waals surface area contributed by atoms with Crippen LogP contribution in [-0.4, -0.2) is 42.7 Å². The minimum Gasteiger partial charge on any atom is -0.481 e. The van der Waals surface area contributed by atoms with Crippen LogP contribution in [0.2, 0.25) is 0 Å². The van der Waals surface area contributed by atoms with Crippen molar-refractivity contribution in [3.63, 3.8) is 0 Å². The normalized spacial score (nSPS) is 18.3. The van der Waals surface area contributed by atoms with Crippen LogP contribution in [0.25, 0.3) is 0 Å². The predicted molar refractivity (Wildman–Crippen MR) is 66.5 cm³/mol. The Hall–Kier alpha value is -1.40. The minimum absolute atomic E-state index is 0.195. The monoisotopic (exact) mass is 272 g/mol. The molecule has 0 aromatic rings. The van der Waals surface area contributed by atoms with Crippen molar-refractivity contribution in [1.82, 2.24) is 0 Å². The highest BCUT2D eigenvalue weighted by Crippen LogP contribution is 2.29. The van der Waals surface area contributed by atoms with Crippen molar-refractivity contribution in [2.45, 2.75) is 38.9 Å². The van der Waals surface area contributed by atoms with Gasteiger partial charge in [0.05, 0.1) is 26.2 Å². The number of hydrogen-bond donors (Lipinski definition) is 1. The van der Waals surface area contributed by atoms with E-state index in [1.165, 1.54) is 0 Å². The number of hydrogen-bond acceptors (Lipinski definition) is 5. The third kappa shape index (κ3) is 5.00. The van der Waals surface area contributed by atoms with Crippen molar-refractivity contribution < 1.29 is 28.9 Å². The first-order valence-electron chi connectivity index (χ1n) is 6.32. The molecule has 6 nitrogen and oxygen atoms in total. The Bertz CT molecular complexity index is 354. The van der Waals surface area contributed by atoms with E-state index in [4.69, 9.17) is 19.3 Å². The van der Waals surface area contributed by atoms with Gasteiger partial charge in [-0.15, -0.1) is 0 Å². The zero-order valence-electron chi connectivity index (χ0n) is 11.3. The first-order chi connectivity index (χ1) is 8.99.